The summed E-state index contributed by atoms with van der Waals surface area (Å²) in [4.78, 5) is 63.9. The van der Waals surface area contributed by atoms with E-state index in [9.17, 15) is 19.2 Å². The molecule has 0 spiro atoms. The third-order valence-electron chi connectivity index (χ3n) is 7.97. The number of carbonyl (C=O) groups is 4. The number of hydrogen-bond donors (Lipinski definition) is 3. The van der Waals surface area contributed by atoms with Crippen molar-refractivity contribution in [1.29, 1.82) is 0 Å². The maximum Gasteiger partial charge on any atom is 0.271 e. The van der Waals surface area contributed by atoms with Crippen LogP contribution < -0.4 is 16.0 Å². The standard InChI is InChI=1S/C33H42N6O5S2/c1-21(2)17-23-31-38-26(20-46-31)30(42)36-24(18-22-9-4-3-5-10-22)32-37-25(19-45-32)29(41)34-13-8-15-39(14-6-12-28(40)35-23)33(43)27-11-7-16-44-27/h3-5,9-10,19-21,23-24,27H,6-8,11-18H2,1-2H3,(H,34,41)(H,35,40)(H,36,42)/t23-,24-,27+/m0/s1. The van der Waals surface area contributed by atoms with Crippen LogP contribution in [0.2, 0.25) is 0 Å². The second-order valence-electron chi connectivity index (χ2n) is 12.1. The van der Waals surface area contributed by atoms with Gasteiger partial charge in [-0.15, -0.1) is 22.7 Å². The number of hydrogen-bond acceptors (Lipinski definition) is 9. The van der Waals surface area contributed by atoms with E-state index in [2.05, 4.69) is 39.8 Å². The van der Waals surface area contributed by atoms with Crippen molar-refractivity contribution in [2.24, 2.45) is 5.92 Å². The van der Waals surface area contributed by atoms with Crippen molar-refractivity contribution >= 4 is 46.3 Å². The van der Waals surface area contributed by atoms with Gasteiger partial charge in [-0.25, -0.2) is 9.97 Å². The Morgan fingerprint density at radius 2 is 1.63 bits per heavy atom. The fourth-order valence-corrected chi connectivity index (χ4v) is 7.36. The monoisotopic (exact) mass is 666 g/mol. The van der Waals surface area contributed by atoms with Gasteiger partial charge in [0.05, 0.1) is 12.1 Å². The summed E-state index contributed by atoms with van der Waals surface area (Å²) in [5.41, 5.74) is 1.56. The number of ether oxygens (including phenoxy) is 1. The highest BCUT2D eigenvalue weighted by atomic mass is 32.1. The molecule has 1 aromatic carbocycles. The predicted octanol–water partition coefficient (Wildman–Crippen LogP) is 4.44. The molecular formula is C33H42N6O5S2. The Labute approximate surface area is 277 Å². The number of aromatic nitrogens is 2. The molecule has 1 fully saturated rings. The lowest BCUT2D eigenvalue weighted by Gasteiger charge is -2.25. The van der Waals surface area contributed by atoms with Crippen LogP contribution in [0.15, 0.2) is 41.1 Å². The summed E-state index contributed by atoms with van der Waals surface area (Å²) in [6.45, 7) is 5.94. The molecule has 11 nitrogen and oxygen atoms in total. The molecule has 5 rings (SSSR count). The number of fused-ring (bicyclic) bond motifs is 4. The highest BCUT2D eigenvalue weighted by Gasteiger charge is 2.29. The normalized spacial score (nSPS) is 22.1. The highest BCUT2D eigenvalue weighted by Crippen LogP contribution is 2.27. The summed E-state index contributed by atoms with van der Waals surface area (Å²) in [7, 11) is 0. The van der Waals surface area contributed by atoms with Crippen molar-refractivity contribution < 1.29 is 23.9 Å². The first-order valence-electron chi connectivity index (χ1n) is 16.0. The second kappa shape index (κ2) is 16.2. The molecule has 0 unspecified atom stereocenters. The molecular weight excluding hydrogens is 625 g/mol. The molecule has 246 valence electrons. The molecule has 3 atom stereocenters. The summed E-state index contributed by atoms with van der Waals surface area (Å²) in [5.74, 6) is -0.572. The smallest absolute Gasteiger partial charge is 0.271 e. The minimum atomic E-state index is -0.482. The summed E-state index contributed by atoms with van der Waals surface area (Å²) in [5, 5.41) is 13.8. The minimum absolute atomic E-state index is 0.0682. The number of rotatable bonds is 5. The van der Waals surface area contributed by atoms with Gasteiger partial charge in [0.25, 0.3) is 17.7 Å². The zero-order valence-electron chi connectivity index (χ0n) is 26.3. The zero-order chi connectivity index (χ0) is 32.5. The zero-order valence-corrected chi connectivity index (χ0v) is 28.0. The van der Waals surface area contributed by atoms with Crippen LogP contribution in [-0.4, -0.2) is 70.8 Å². The maximum absolute atomic E-state index is 13.5. The molecule has 0 aliphatic carbocycles. The molecule has 0 saturated carbocycles. The van der Waals surface area contributed by atoms with Gasteiger partial charge in [0.15, 0.2) is 0 Å². The van der Waals surface area contributed by atoms with E-state index in [0.29, 0.717) is 68.4 Å². The molecule has 46 heavy (non-hydrogen) atoms. The number of benzene rings is 1. The Bertz CT molecular complexity index is 1490. The lowest BCUT2D eigenvalue weighted by atomic mass is 10.0. The van der Waals surface area contributed by atoms with Crippen LogP contribution in [0.1, 0.15) is 101 Å². The number of nitrogens with one attached hydrogen (secondary N) is 3. The van der Waals surface area contributed by atoms with E-state index in [0.717, 1.165) is 12.0 Å². The fraction of sp³-hybridized carbons (Fsp3) is 0.515. The van der Waals surface area contributed by atoms with Crippen molar-refractivity contribution in [2.75, 3.05) is 26.2 Å². The SMILES string of the molecule is CC(C)C[C@@H]1NC(=O)CCCN(C(=O)[C@H]2CCCO2)CCCNC(=O)c2csc(n2)[C@H](Cc2ccccc2)NC(=O)c2csc1n2. The molecule has 2 aromatic heterocycles. The maximum atomic E-state index is 13.5. The van der Waals surface area contributed by atoms with Gasteiger partial charge in [-0.2, -0.15) is 0 Å². The molecule has 0 radical (unpaired) electrons. The summed E-state index contributed by atoms with van der Waals surface area (Å²) >= 11 is 2.67. The highest BCUT2D eigenvalue weighted by molar-refractivity contribution is 7.10. The van der Waals surface area contributed by atoms with E-state index < -0.39 is 12.1 Å². The molecule has 4 amide bonds. The van der Waals surface area contributed by atoms with Crippen LogP contribution in [0, 0.1) is 5.92 Å². The van der Waals surface area contributed by atoms with Crippen LogP contribution in [0.5, 0.6) is 0 Å². The summed E-state index contributed by atoms with van der Waals surface area (Å²) < 4.78 is 5.66. The van der Waals surface area contributed by atoms with Crippen molar-refractivity contribution in [3.05, 3.63) is 68.1 Å². The van der Waals surface area contributed by atoms with E-state index in [1.165, 1.54) is 22.7 Å². The third kappa shape index (κ3) is 9.20. The van der Waals surface area contributed by atoms with E-state index in [1.54, 1.807) is 15.7 Å². The van der Waals surface area contributed by atoms with Gasteiger partial charge in [0.1, 0.15) is 27.5 Å². The van der Waals surface area contributed by atoms with E-state index >= 15 is 0 Å². The van der Waals surface area contributed by atoms with E-state index in [4.69, 9.17) is 4.74 Å². The van der Waals surface area contributed by atoms with Gasteiger partial charge in [0, 0.05) is 43.4 Å². The number of amides is 4. The van der Waals surface area contributed by atoms with Crippen LogP contribution in [-0.2, 0) is 20.7 Å². The average Bonchev–Trinajstić information content (AvgIpc) is 3.83. The number of thiazole rings is 2. The topological polar surface area (TPSA) is 143 Å². The number of nitrogens with zero attached hydrogens (tertiary/aromatic N) is 3. The summed E-state index contributed by atoms with van der Waals surface area (Å²) in [6, 6.07) is 8.97. The molecule has 2 aliphatic heterocycles. The van der Waals surface area contributed by atoms with E-state index in [-0.39, 0.29) is 53.4 Å². The van der Waals surface area contributed by atoms with Gasteiger partial charge in [-0.1, -0.05) is 44.2 Å². The lowest BCUT2D eigenvalue weighted by molar-refractivity contribution is -0.141. The van der Waals surface area contributed by atoms with Crippen LogP contribution in [0.4, 0.5) is 0 Å². The first-order chi connectivity index (χ1) is 22.3. The van der Waals surface area contributed by atoms with Crippen molar-refractivity contribution in [3.63, 3.8) is 0 Å². The second-order valence-corrected chi connectivity index (χ2v) is 13.9. The Morgan fingerprint density at radius 3 is 2.33 bits per heavy atom. The predicted molar refractivity (Wildman–Crippen MR) is 177 cm³/mol. The largest absolute Gasteiger partial charge is 0.368 e. The number of carbonyl (C=O) groups excluding carboxylic acids is 4. The van der Waals surface area contributed by atoms with Crippen molar-refractivity contribution in [3.8, 4) is 0 Å². The quantitative estimate of drug-likeness (QED) is 0.366. The van der Waals surface area contributed by atoms with Crippen LogP contribution in [0.25, 0.3) is 0 Å². The Hall–Kier alpha value is -3.68. The molecule has 3 N–H and O–H groups in total. The van der Waals surface area contributed by atoms with Gasteiger partial charge < -0.3 is 25.6 Å². The molecule has 4 bridgehead atoms. The van der Waals surface area contributed by atoms with Gasteiger partial charge >= 0.3 is 0 Å². The van der Waals surface area contributed by atoms with Gasteiger partial charge in [-0.05, 0) is 50.0 Å². The molecule has 3 aromatic rings. The van der Waals surface area contributed by atoms with Gasteiger partial charge in [0.2, 0.25) is 5.91 Å². The van der Waals surface area contributed by atoms with Crippen LogP contribution >= 0.6 is 22.7 Å². The molecule has 13 heteroatoms. The van der Waals surface area contributed by atoms with Crippen LogP contribution in [0.3, 0.4) is 0 Å². The lowest BCUT2D eigenvalue weighted by Crippen LogP contribution is -2.41. The Kier molecular flexibility index (Phi) is 11.9. The first kappa shape index (κ1) is 33.7. The summed E-state index contributed by atoms with van der Waals surface area (Å²) in [6.07, 6.45) is 3.51. The molecule has 2 aliphatic rings. The van der Waals surface area contributed by atoms with E-state index in [1.807, 2.05) is 30.3 Å². The molecule has 4 heterocycles. The molecule has 1 saturated heterocycles. The average molecular weight is 667 g/mol. The van der Waals surface area contributed by atoms with Crippen molar-refractivity contribution in [1.82, 2.24) is 30.8 Å². The first-order valence-corrected chi connectivity index (χ1v) is 17.8. The third-order valence-corrected chi connectivity index (χ3v) is 9.89. The Morgan fingerprint density at radius 1 is 0.935 bits per heavy atom. The van der Waals surface area contributed by atoms with Gasteiger partial charge in [-0.3, -0.25) is 19.2 Å². The van der Waals surface area contributed by atoms with Crippen molar-refractivity contribution in [2.45, 2.75) is 77.0 Å². The minimum Gasteiger partial charge on any atom is -0.368 e. The fourth-order valence-electron chi connectivity index (χ4n) is 5.65. The Balaban J connectivity index is 1.40.